The van der Waals surface area contributed by atoms with Crippen LogP contribution in [0.2, 0.25) is 0 Å². The van der Waals surface area contributed by atoms with Crippen molar-refractivity contribution in [1.29, 1.82) is 0 Å². The van der Waals surface area contributed by atoms with Crippen LogP contribution in [-0.2, 0) is 6.42 Å². The highest BCUT2D eigenvalue weighted by molar-refractivity contribution is 9.10. The van der Waals surface area contributed by atoms with Gasteiger partial charge in [-0.3, -0.25) is 0 Å². The van der Waals surface area contributed by atoms with Gasteiger partial charge in [0.05, 0.1) is 11.4 Å². The maximum Gasteiger partial charge on any atom is 0.161 e. The number of hydrogen-bond donors (Lipinski definition) is 0. The first kappa shape index (κ1) is 20.5. The van der Waals surface area contributed by atoms with Gasteiger partial charge in [0.25, 0.3) is 0 Å². The summed E-state index contributed by atoms with van der Waals surface area (Å²) in [6, 6.07) is 25.3. The van der Waals surface area contributed by atoms with Crippen molar-refractivity contribution in [2.45, 2.75) is 12.3 Å². The second-order valence-corrected chi connectivity index (χ2v) is 10.1. The molecule has 35 heavy (non-hydrogen) atoms. The van der Waals surface area contributed by atoms with E-state index in [0.29, 0.717) is 5.92 Å². The number of allylic oxidation sites excluding steroid dienone is 7. The minimum atomic E-state index is 0.312. The number of benzene rings is 3. The van der Waals surface area contributed by atoms with Crippen LogP contribution >= 0.6 is 15.9 Å². The summed E-state index contributed by atoms with van der Waals surface area (Å²) < 4.78 is 1.05. The molecule has 1 aromatic heterocycles. The number of aromatic nitrogens is 2. The summed E-state index contributed by atoms with van der Waals surface area (Å²) in [7, 11) is 0. The van der Waals surface area contributed by atoms with Crippen molar-refractivity contribution < 1.29 is 0 Å². The maximum absolute atomic E-state index is 5.10. The predicted octanol–water partition coefficient (Wildman–Crippen LogP) is 8.33. The summed E-state index contributed by atoms with van der Waals surface area (Å²) in [6.45, 7) is 0. The van der Waals surface area contributed by atoms with Crippen LogP contribution in [0, 0.1) is 0 Å². The molecule has 166 valence electrons. The molecule has 4 aromatic rings. The molecule has 1 atom stereocenters. The highest BCUT2D eigenvalue weighted by atomic mass is 79.9. The van der Waals surface area contributed by atoms with Gasteiger partial charge in [-0.2, -0.15) is 0 Å². The number of rotatable bonds is 3. The monoisotopic (exact) mass is 512 g/mol. The molecular formula is C32H21BrN2. The van der Waals surface area contributed by atoms with Crippen LogP contribution in [0.25, 0.3) is 40.0 Å². The fourth-order valence-corrected chi connectivity index (χ4v) is 5.67. The fraction of sp³-hybridized carbons (Fsp3) is 0.0625. The molecule has 0 aliphatic heterocycles. The van der Waals surface area contributed by atoms with Crippen LogP contribution in [0.5, 0.6) is 0 Å². The SMILES string of the molecule is Brc1ccc(-c2cc(-c3ccccc3)nc(-c3ccc4c5c3C=CC3=CC=CC(=CC4)C35)n2)cc1. The van der Waals surface area contributed by atoms with Gasteiger partial charge in [-0.25, -0.2) is 9.97 Å². The molecule has 1 heterocycles. The van der Waals surface area contributed by atoms with Crippen molar-refractivity contribution >= 4 is 22.0 Å². The van der Waals surface area contributed by atoms with Gasteiger partial charge >= 0.3 is 0 Å². The first-order chi connectivity index (χ1) is 17.2. The van der Waals surface area contributed by atoms with Crippen molar-refractivity contribution in [3.63, 3.8) is 0 Å². The van der Waals surface area contributed by atoms with Gasteiger partial charge in [0.2, 0.25) is 0 Å². The Bertz CT molecular complexity index is 1610. The molecular weight excluding hydrogens is 492 g/mol. The Hall–Kier alpha value is -3.82. The fourth-order valence-electron chi connectivity index (χ4n) is 5.40. The highest BCUT2D eigenvalue weighted by Crippen LogP contribution is 2.48. The van der Waals surface area contributed by atoms with Gasteiger partial charge in [-0.05, 0) is 52.5 Å². The molecule has 3 aliphatic carbocycles. The van der Waals surface area contributed by atoms with Crippen LogP contribution in [0.1, 0.15) is 22.6 Å². The minimum absolute atomic E-state index is 0.312. The number of nitrogens with zero attached hydrogens (tertiary/aromatic N) is 2. The van der Waals surface area contributed by atoms with E-state index in [0.717, 1.165) is 44.8 Å². The van der Waals surface area contributed by atoms with E-state index in [-0.39, 0.29) is 0 Å². The Morgan fingerprint density at radius 2 is 1.51 bits per heavy atom. The third-order valence-corrected chi connectivity index (χ3v) is 7.62. The lowest BCUT2D eigenvalue weighted by atomic mass is 9.70. The van der Waals surface area contributed by atoms with Crippen molar-refractivity contribution in [2.24, 2.45) is 0 Å². The van der Waals surface area contributed by atoms with E-state index in [1.165, 1.54) is 27.8 Å². The van der Waals surface area contributed by atoms with Gasteiger partial charge in [0.15, 0.2) is 5.82 Å². The second-order valence-electron chi connectivity index (χ2n) is 9.13. The molecule has 2 nitrogen and oxygen atoms in total. The number of halogens is 1. The van der Waals surface area contributed by atoms with E-state index in [4.69, 9.17) is 9.97 Å². The van der Waals surface area contributed by atoms with Crippen molar-refractivity contribution in [3.8, 4) is 33.9 Å². The topological polar surface area (TPSA) is 25.8 Å². The van der Waals surface area contributed by atoms with Gasteiger partial charge in [-0.1, -0.05) is 107 Å². The predicted molar refractivity (Wildman–Crippen MR) is 147 cm³/mol. The second kappa shape index (κ2) is 8.14. The largest absolute Gasteiger partial charge is 0.228 e. The zero-order chi connectivity index (χ0) is 23.4. The third kappa shape index (κ3) is 3.46. The molecule has 3 aliphatic rings. The van der Waals surface area contributed by atoms with Gasteiger partial charge in [0.1, 0.15) is 0 Å². The maximum atomic E-state index is 5.10. The minimum Gasteiger partial charge on any atom is -0.228 e. The summed E-state index contributed by atoms with van der Waals surface area (Å²) in [4.78, 5) is 10.2. The Balaban J connectivity index is 1.45. The van der Waals surface area contributed by atoms with E-state index < -0.39 is 0 Å². The normalized spacial score (nSPS) is 17.0. The van der Waals surface area contributed by atoms with E-state index in [2.05, 4.69) is 119 Å². The van der Waals surface area contributed by atoms with E-state index in [1.54, 1.807) is 0 Å². The quantitative estimate of drug-likeness (QED) is 0.275. The molecule has 3 aromatic carbocycles. The molecule has 0 bridgehead atoms. The third-order valence-electron chi connectivity index (χ3n) is 7.09. The zero-order valence-corrected chi connectivity index (χ0v) is 20.5. The van der Waals surface area contributed by atoms with E-state index >= 15 is 0 Å². The average Bonchev–Trinajstić information content (AvgIpc) is 2.92. The lowest BCUT2D eigenvalue weighted by molar-refractivity contribution is 0.892. The van der Waals surface area contributed by atoms with Crippen LogP contribution < -0.4 is 0 Å². The Morgan fingerprint density at radius 3 is 2.31 bits per heavy atom. The smallest absolute Gasteiger partial charge is 0.161 e. The average molecular weight is 513 g/mol. The Kier molecular flexibility index (Phi) is 4.78. The number of hydrogen-bond acceptors (Lipinski definition) is 2. The summed E-state index contributed by atoms with van der Waals surface area (Å²) in [5, 5.41) is 0. The Morgan fingerprint density at radius 1 is 0.743 bits per heavy atom. The van der Waals surface area contributed by atoms with Gasteiger partial charge in [-0.15, -0.1) is 0 Å². The van der Waals surface area contributed by atoms with Crippen molar-refractivity contribution in [2.75, 3.05) is 0 Å². The van der Waals surface area contributed by atoms with Gasteiger partial charge < -0.3 is 0 Å². The standard InChI is InChI=1S/C32H21BrN2/c33-25-15-11-21(12-16-25)29-19-28(20-5-2-1-3-6-20)34-32(35-29)27-18-14-24-10-9-22-7-4-8-23-13-17-26(27)31(24)30(22)23/h1-9,11-19,30H,10H2. The van der Waals surface area contributed by atoms with Crippen molar-refractivity contribution in [1.82, 2.24) is 9.97 Å². The zero-order valence-electron chi connectivity index (χ0n) is 18.9. The van der Waals surface area contributed by atoms with Gasteiger partial charge in [0, 0.05) is 27.1 Å². The molecule has 3 heteroatoms. The molecule has 0 amide bonds. The first-order valence-corrected chi connectivity index (χ1v) is 12.7. The first-order valence-electron chi connectivity index (χ1n) is 11.9. The lowest BCUT2D eigenvalue weighted by Crippen LogP contribution is -2.18. The van der Waals surface area contributed by atoms with Crippen molar-refractivity contribution in [3.05, 3.63) is 135 Å². The van der Waals surface area contributed by atoms with Crippen LogP contribution in [-0.4, -0.2) is 9.97 Å². The Labute approximate surface area is 213 Å². The lowest BCUT2D eigenvalue weighted by Gasteiger charge is -2.33. The molecule has 0 spiro atoms. The molecule has 0 fully saturated rings. The molecule has 1 unspecified atom stereocenters. The van der Waals surface area contributed by atoms with E-state index in [9.17, 15) is 0 Å². The summed E-state index contributed by atoms with van der Waals surface area (Å²) in [6.07, 6.45) is 14.5. The summed E-state index contributed by atoms with van der Waals surface area (Å²) in [5.41, 5.74) is 11.9. The van der Waals surface area contributed by atoms with Crippen LogP contribution in [0.4, 0.5) is 0 Å². The summed E-state index contributed by atoms with van der Waals surface area (Å²) >= 11 is 3.55. The molecule has 0 N–H and O–H groups in total. The molecule has 0 saturated heterocycles. The molecule has 0 radical (unpaired) electrons. The highest BCUT2D eigenvalue weighted by Gasteiger charge is 2.31. The molecule has 7 rings (SSSR count). The molecule has 0 saturated carbocycles. The summed E-state index contributed by atoms with van der Waals surface area (Å²) in [5.74, 6) is 1.08. The van der Waals surface area contributed by atoms with Crippen LogP contribution in [0.15, 0.2) is 119 Å². The van der Waals surface area contributed by atoms with E-state index in [1.807, 2.05) is 6.07 Å². The van der Waals surface area contributed by atoms with Crippen LogP contribution in [0.3, 0.4) is 0 Å².